The number of hydrogen-bond donors (Lipinski definition) is 2. The van der Waals surface area contributed by atoms with Gasteiger partial charge in [0.05, 0.1) is 12.2 Å². The fourth-order valence-corrected chi connectivity index (χ4v) is 3.69. The first-order valence-corrected chi connectivity index (χ1v) is 10.1. The summed E-state index contributed by atoms with van der Waals surface area (Å²) in [7, 11) is 0. The zero-order valence-corrected chi connectivity index (χ0v) is 17.0. The summed E-state index contributed by atoms with van der Waals surface area (Å²) < 4.78 is 10.1. The zero-order chi connectivity index (χ0) is 21.8. The van der Waals surface area contributed by atoms with Gasteiger partial charge >= 0.3 is 5.76 Å². The molecule has 0 saturated carbocycles. The highest BCUT2D eigenvalue weighted by molar-refractivity contribution is 6.03. The number of amides is 2. The number of para-hydroxylation sites is 1. The molecule has 9 nitrogen and oxygen atoms in total. The van der Waals surface area contributed by atoms with Crippen molar-refractivity contribution in [2.24, 2.45) is 0 Å². The largest absolute Gasteiger partial charge is 0.493 e. The van der Waals surface area contributed by atoms with Gasteiger partial charge < -0.3 is 15.0 Å². The molecule has 0 aliphatic carbocycles. The molecule has 2 N–H and O–H groups in total. The Morgan fingerprint density at radius 2 is 2.10 bits per heavy atom. The van der Waals surface area contributed by atoms with Gasteiger partial charge in [0.25, 0.3) is 5.91 Å². The second-order valence-corrected chi connectivity index (χ2v) is 7.10. The number of benzene rings is 2. The second kappa shape index (κ2) is 8.86. The third kappa shape index (κ3) is 4.35. The van der Waals surface area contributed by atoms with Crippen molar-refractivity contribution in [1.29, 1.82) is 0 Å². The minimum atomic E-state index is -0.656. The topological polar surface area (TPSA) is 118 Å². The quantitative estimate of drug-likeness (QED) is 0.631. The molecule has 1 saturated heterocycles. The molecular formula is C22H22N4O5. The van der Waals surface area contributed by atoms with Crippen LogP contribution in [0.2, 0.25) is 0 Å². The number of likely N-dealkylation sites (tertiary alicyclic amines) is 1. The number of aromatic nitrogens is 2. The zero-order valence-electron chi connectivity index (χ0n) is 17.0. The van der Waals surface area contributed by atoms with E-state index in [1.54, 1.807) is 47.4 Å². The molecule has 1 aromatic heterocycles. The molecule has 3 aromatic rings. The van der Waals surface area contributed by atoms with Gasteiger partial charge in [0.15, 0.2) is 5.82 Å². The van der Waals surface area contributed by atoms with Gasteiger partial charge in [-0.05, 0) is 44.0 Å². The van der Waals surface area contributed by atoms with Gasteiger partial charge in [-0.1, -0.05) is 29.4 Å². The third-order valence-corrected chi connectivity index (χ3v) is 5.08. The van der Waals surface area contributed by atoms with E-state index in [-0.39, 0.29) is 17.6 Å². The molecule has 1 fully saturated rings. The highest BCUT2D eigenvalue weighted by Crippen LogP contribution is 2.26. The van der Waals surface area contributed by atoms with E-state index >= 15 is 0 Å². The average Bonchev–Trinajstić information content (AvgIpc) is 3.43. The van der Waals surface area contributed by atoms with Crippen LogP contribution in [-0.4, -0.2) is 46.0 Å². The van der Waals surface area contributed by atoms with Crippen LogP contribution in [0.15, 0.2) is 57.8 Å². The van der Waals surface area contributed by atoms with Crippen LogP contribution < -0.4 is 15.8 Å². The van der Waals surface area contributed by atoms with Gasteiger partial charge in [-0.2, -0.15) is 0 Å². The molecule has 0 radical (unpaired) electrons. The smallest absolute Gasteiger partial charge is 0.439 e. The van der Waals surface area contributed by atoms with Crippen LogP contribution in [0.3, 0.4) is 0 Å². The van der Waals surface area contributed by atoms with Crippen LogP contribution in [0, 0.1) is 0 Å². The molecule has 1 atom stereocenters. The fraction of sp³-hybridized carbons (Fsp3) is 0.273. The summed E-state index contributed by atoms with van der Waals surface area (Å²) >= 11 is 0. The van der Waals surface area contributed by atoms with Crippen LogP contribution in [0.25, 0.3) is 11.4 Å². The minimum Gasteiger partial charge on any atom is -0.493 e. The number of carbonyl (C=O) groups excluding carboxylic acids is 2. The monoisotopic (exact) mass is 422 g/mol. The van der Waals surface area contributed by atoms with Gasteiger partial charge in [-0.15, -0.1) is 0 Å². The Balaban J connectivity index is 1.51. The van der Waals surface area contributed by atoms with E-state index in [9.17, 15) is 14.4 Å². The SMILES string of the molecule is CCOc1ccccc1C(=O)N1CCCC1C(=O)Nc1cccc(-c2noc(=O)[nH]2)c1. The Morgan fingerprint density at radius 3 is 2.87 bits per heavy atom. The standard InChI is InChI=1S/C22H22N4O5/c1-2-30-18-11-4-3-9-16(18)21(28)26-12-6-10-17(26)20(27)23-15-8-5-7-14(13-15)19-24-22(29)31-25-19/h3-5,7-9,11,13,17H,2,6,10,12H2,1H3,(H,23,27)(H,24,25,29). The van der Waals surface area contributed by atoms with Crippen molar-refractivity contribution in [1.82, 2.24) is 15.0 Å². The van der Waals surface area contributed by atoms with Crippen molar-refractivity contribution in [2.45, 2.75) is 25.8 Å². The number of nitrogens with one attached hydrogen (secondary N) is 2. The molecule has 2 aromatic carbocycles. The van der Waals surface area contributed by atoms with E-state index < -0.39 is 11.8 Å². The summed E-state index contributed by atoms with van der Waals surface area (Å²) in [4.78, 5) is 41.4. The number of nitrogens with zero attached hydrogens (tertiary/aromatic N) is 2. The van der Waals surface area contributed by atoms with Gasteiger partial charge in [0.2, 0.25) is 5.91 Å². The van der Waals surface area contributed by atoms with Crippen LogP contribution in [0.5, 0.6) is 5.75 Å². The first-order valence-electron chi connectivity index (χ1n) is 10.1. The first kappa shape index (κ1) is 20.4. The van der Waals surface area contributed by atoms with Gasteiger partial charge in [0.1, 0.15) is 11.8 Å². The second-order valence-electron chi connectivity index (χ2n) is 7.10. The number of ether oxygens (including phenoxy) is 1. The maximum absolute atomic E-state index is 13.2. The lowest BCUT2D eigenvalue weighted by Crippen LogP contribution is -2.43. The lowest BCUT2D eigenvalue weighted by molar-refractivity contribution is -0.119. The summed E-state index contributed by atoms with van der Waals surface area (Å²) in [6.07, 6.45) is 1.31. The van der Waals surface area contributed by atoms with Crippen molar-refractivity contribution in [3.8, 4) is 17.1 Å². The molecule has 2 amide bonds. The molecule has 2 heterocycles. The van der Waals surface area contributed by atoms with E-state index in [0.717, 1.165) is 6.42 Å². The lowest BCUT2D eigenvalue weighted by Gasteiger charge is -2.25. The molecule has 4 rings (SSSR count). The van der Waals surface area contributed by atoms with Crippen LogP contribution in [0.4, 0.5) is 5.69 Å². The number of anilines is 1. The number of hydrogen-bond acceptors (Lipinski definition) is 6. The number of rotatable bonds is 6. The lowest BCUT2D eigenvalue weighted by atomic mass is 10.1. The van der Waals surface area contributed by atoms with E-state index in [0.29, 0.717) is 42.1 Å². The fourth-order valence-electron chi connectivity index (χ4n) is 3.69. The Kier molecular flexibility index (Phi) is 5.83. The van der Waals surface area contributed by atoms with Crippen molar-refractivity contribution in [3.05, 3.63) is 64.6 Å². The molecule has 31 heavy (non-hydrogen) atoms. The molecule has 1 aliphatic rings. The van der Waals surface area contributed by atoms with E-state index in [1.165, 1.54) is 0 Å². The number of carbonyl (C=O) groups is 2. The van der Waals surface area contributed by atoms with Gasteiger partial charge in [-0.25, -0.2) is 4.79 Å². The molecule has 0 bridgehead atoms. The summed E-state index contributed by atoms with van der Waals surface area (Å²) in [5.74, 6) is -0.375. The van der Waals surface area contributed by atoms with E-state index in [2.05, 4.69) is 20.0 Å². The normalized spacial score (nSPS) is 15.6. The summed E-state index contributed by atoms with van der Waals surface area (Å²) in [5, 5.41) is 6.52. The van der Waals surface area contributed by atoms with Crippen LogP contribution in [-0.2, 0) is 4.79 Å². The average molecular weight is 422 g/mol. The molecule has 1 aliphatic heterocycles. The highest BCUT2D eigenvalue weighted by Gasteiger charge is 2.35. The van der Waals surface area contributed by atoms with Crippen molar-refractivity contribution in [3.63, 3.8) is 0 Å². The predicted octanol–water partition coefficient (Wildman–Crippen LogP) is 2.67. The van der Waals surface area contributed by atoms with E-state index in [4.69, 9.17) is 4.74 Å². The number of H-pyrrole nitrogens is 1. The molecule has 160 valence electrons. The Hall–Kier alpha value is -3.88. The Labute approximate surface area is 178 Å². The van der Waals surface area contributed by atoms with Crippen molar-refractivity contribution >= 4 is 17.5 Å². The molecule has 1 unspecified atom stereocenters. The maximum atomic E-state index is 13.2. The number of aromatic amines is 1. The van der Waals surface area contributed by atoms with Crippen molar-refractivity contribution in [2.75, 3.05) is 18.5 Å². The van der Waals surface area contributed by atoms with Crippen LogP contribution in [0.1, 0.15) is 30.1 Å². The minimum absolute atomic E-state index is 0.226. The highest BCUT2D eigenvalue weighted by atomic mass is 16.5. The molecule has 9 heteroatoms. The first-order chi connectivity index (χ1) is 15.1. The molecule has 0 spiro atoms. The maximum Gasteiger partial charge on any atom is 0.439 e. The predicted molar refractivity (Wildman–Crippen MR) is 113 cm³/mol. The van der Waals surface area contributed by atoms with Crippen molar-refractivity contribution < 1.29 is 18.8 Å². The van der Waals surface area contributed by atoms with E-state index in [1.807, 2.05) is 13.0 Å². The summed E-state index contributed by atoms with van der Waals surface area (Å²) in [5.41, 5.74) is 1.56. The molecular weight excluding hydrogens is 400 g/mol. The van der Waals surface area contributed by atoms with Crippen LogP contribution >= 0.6 is 0 Å². The van der Waals surface area contributed by atoms with Gasteiger partial charge in [-0.3, -0.25) is 19.1 Å². The summed E-state index contributed by atoms with van der Waals surface area (Å²) in [6, 6.07) is 13.3. The third-order valence-electron chi connectivity index (χ3n) is 5.08. The summed E-state index contributed by atoms with van der Waals surface area (Å²) in [6.45, 7) is 2.80. The Morgan fingerprint density at radius 1 is 1.26 bits per heavy atom. The Bertz CT molecular complexity index is 1150. The van der Waals surface area contributed by atoms with Gasteiger partial charge in [0, 0.05) is 17.8 Å².